The van der Waals surface area contributed by atoms with Crippen LogP contribution in [0.1, 0.15) is 25.5 Å². The zero-order chi connectivity index (χ0) is 14.9. The second-order valence-corrected chi connectivity index (χ2v) is 4.95. The first-order valence-electron chi connectivity index (χ1n) is 6.45. The average molecular weight is 277 g/mol. The minimum Gasteiger partial charge on any atom is -0.493 e. The van der Waals surface area contributed by atoms with Gasteiger partial charge in [0, 0.05) is 23.7 Å². The summed E-state index contributed by atoms with van der Waals surface area (Å²) in [6, 6.07) is 3.96. The van der Waals surface area contributed by atoms with E-state index in [1.54, 1.807) is 14.2 Å². The summed E-state index contributed by atoms with van der Waals surface area (Å²) in [5.74, 6) is 0.401. The molecule has 0 spiro atoms. The topological polar surface area (TPSA) is 60.7 Å². The van der Waals surface area contributed by atoms with E-state index < -0.39 is 5.97 Å². The Labute approximate surface area is 117 Å². The second kappa shape index (κ2) is 5.45. The van der Waals surface area contributed by atoms with Gasteiger partial charge in [-0.3, -0.25) is 4.79 Å². The second-order valence-electron chi connectivity index (χ2n) is 4.95. The van der Waals surface area contributed by atoms with E-state index in [0.717, 1.165) is 16.5 Å². The van der Waals surface area contributed by atoms with Crippen LogP contribution in [0.4, 0.5) is 0 Å². The number of carboxylic acids is 1. The molecule has 0 atom stereocenters. The van der Waals surface area contributed by atoms with Crippen molar-refractivity contribution in [3.63, 3.8) is 0 Å². The minimum absolute atomic E-state index is 0.00823. The van der Waals surface area contributed by atoms with Gasteiger partial charge in [-0.15, -0.1) is 0 Å². The van der Waals surface area contributed by atoms with Gasteiger partial charge in [0.05, 0.1) is 26.2 Å². The van der Waals surface area contributed by atoms with Gasteiger partial charge in [-0.25, -0.2) is 0 Å². The van der Waals surface area contributed by atoms with Crippen molar-refractivity contribution >= 4 is 16.9 Å². The Morgan fingerprint density at radius 3 is 2.35 bits per heavy atom. The summed E-state index contributed by atoms with van der Waals surface area (Å²) in [6.45, 7) is 4.11. The molecule has 5 nitrogen and oxygen atoms in total. The lowest BCUT2D eigenvalue weighted by Crippen LogP contribution is -2.00. The van der Waals surface area contributed by atoms with Gasteiger partial charge in [0.15, 0.2) is 11.5 Å². The van der Waals surface area contributed by atoms with E-state index in [1.807, 2.05) is 18.3 Å². The van der Waals surface area contributed by atoms with E-state index >= 15 is 0 Å². The third kappa shape index (κ3) is 2.43. The molecule has 0 aliphatic heterocycles. The van der Waals surface area contributed by atoms with Crippen molar-refractivity contribution in [3.05, 3.63) is 23.9 Å². The van der Waals surface area contributed by atoms with Gasteiger partial charge in [-0.05, 0) is 25.5 Å². The molecule has 0 radical (unpaired) electrons. The van der Waals surface area contributed by atoms with E-state index in [1.165, 1.54) is 0 Å². The third-order valence-electron chi connectivity index (χ3n) is 3.32. The molecular formula is C15H19NO4. The number of hydrogen-bond donors (Lipinski definition) is 1. The van der Waals surface area contributed by atoms with Crippen molar-refractivity contribution in [1.82, 2.24) is 4.57 Å². The number of nitrogens with zero attached hydrogens (tertiary/aromatic N) is 1. The monoisotopic (exact) mass is 277 g/mol. The van der Waals surface area contributed by atoms with Crippen molar-refractivity contribution in [1.29, 1.82) is 0 Å². The first kappa shape index (κ1) is 14.2. The SMILES string of the molecule is COc1cc2c(CC(=O)O)cn(C(C)C)c2cc1OC. The molecule has 1 N–H and O–H groups in total. The standard InChI is InChI=1S/C15H19NO4/c1-9(2)16-8-10(5-15(17)18)11-6-13(19-3)14(20-4)7-12(11)16/h6-9H,5H2,1-4H3,(H,17,18). The molecule has 0 saturated heterocycles. The maximum atomic E-state index is 11.0. The Morgan fingerprint density at radius 2 is 1.85 bits per heavy atom. The van der Waals surface area contributed by atoms with Crippen LogP contribution < -0.4 is 9.47 Å². The molecule has 0 aliphatic carbocycles. The summed E-state index contributed by atoms with van der Waals surface area (Å²) in [6.07, 6.45) is 1.88. The zero-order valence-electron chi connectivity index (χ0n) is 12.1. The molecule has 0 bridgehead atoms. The Kier molecular flexibility index (Phi) is 3.88. The van der Waals surface area contributed by atoms with Crippen LogP contribution in [0.25, 0.3) is 10.9 Å². The average Bonchev–Trinajstić information content (AvgIpc) is 2.74. The smallest absolute Gasteiger partial charge is 0.307 e. The Balaban J connectivity index is 2.72. The van der Waals surface area contributed by atoms with E-state index in [2.05, 4.69) is 18.4 Å². The predicted molar refractivity (Wildman–Crippen MR) is 76.8 cm³/mol. The van der Waals surface area contributed by atoms with Crippen LogP contribution in [0.5, 0.6) is 11.5 Å². The largest absolute Gasteiger partial charge is 0.493 e. The van der Waals surface area contributed by atoms with Crippen molar-refractivity contribution in [2.45, 2.75) is 26.3 Å². The summed E-state index contributed by atoms with van der Waals surface area (Å²) in [5.41, 5.74) is 1.73. The van der Waals surface area contributed by atoms with Crippen molar-refractivity contribution in [2.75, 3.05) is 14.2 Å². The lowest BCUT2D eigenvalue weighted by Gasteiger charge is -2.12. The number of hydrogen-bond acceptors (Lipinski definition) is 3. The van der Waals surface area contributed by atoms with Crippen LogP contribution in [0.2, 0.25) is 0 Å². The number of aromatic nitrogens is 1. The first-order chi connectivity index (χ1) is 9.47. The van der Waals surface area contributed by atoms with Gasteiger partial charge in [-0.1, -0.05) is 0 Å². The highest BCUT2D eigenvalue weighted by Gasteiger charge is 2.16. The van der Waals surface area contributed by atoms with Crippen molar-refractivity contribution in [2.24, 2.45) is 0 Å². The van der Waals surface area contributed by atoms with Crippen LogP contribution in [0, 0.1) is 0 Å². The number of carbonyl (C=O) groups is 1. The molecule has 0 aliphatic rings. The van der Waals surface area contributed by atoms with E-state index in [-0.39, 0.29) is 12.5 Å². The lowest BCUT2D eigenvalue weighted by molar-refractivity contribution is -0.136. The molecule has 0 saturated carbocycles. The summed E-state index contributed by atoms with van der Waals surface area (Å²) in [4.78, 5) is 11.0. The molecule has 2 aromatic rings. The van der Waals surface area contributed by atoms with Gasteiger partial charge in [0.1, 0.15) is 0 Å². The minimum atomic E-state index is -0.845. The molecule has 0 fully saturated rings. The Bertz CT molecular complexity index is 643. The lowest BCUT2D eigenvalue weighted by atomic mass is 10.1. The number of benzene rings is 1. The Hall–Kier alpha value is -2.17. The fourth-order valence-corrected chi connectivity index (χ4v) is 2.38. The van der Waals surface area contributed by atoms with Gasteiger partial charge in [0.2, 0.25) is 0 Å². The predicted octanol–water partition coefficient (Wildman–Crippen LogP) is 2.87. The van der Waals surface area contributed by atoms with Crippen molar-refractivity contribution < 1.29 is 19.4 Å². The Morgan fingerprint density at radius 1 is 1.25 bits per heavy atom. The molecule has 1 heterocycles. The van der Waals surface area contributed by atoms with E-state index in [9.17, 15) is 4.79 Å². The van der Waals surface area contributed by atoms with Gasteiger partial charge < -0.3 is 19.1 Å². The fraction of sp³-hybridized carbons (Fsp3) is 0.400. The number of carboxylic acid groups (broad SMARTS) is 1. The maximum Gasteiger partial charge on any atom is 0.307 e. The van der Waals surface area contributed by atoms with Gasteiger partial charge in [-0.2, -0.15) is 0 Å². The molecule has 1 aromatic carbocycles. The molecular weight excluding hydrogens is 258 g/mol. The van der Waals surface area contributed by atoms with E-state index in [4.69, 9.17) is 14.6 Å². The highest BCUT2D eigenvalue weighted by atomic mass is 16.5. The fourth-order valence-electron chi connectivity index (χ4n) is 2.38. The zero-order valence-corrected chi connectivity index (χ0v) is 12.1. The number of methoxy groups -OCH3 is 2. The van der Waals surface area contributed by atoms with Crippen LogP contribution in [-0.2, 0) is 11.2 Å². The van der Waals surface area contributed by atoms with Crippen LogP contribution in [-0.4, -0.2) is 29.9 Å². The van der Waals surface area contributed by atoms with Crippen molar-refractivity contribution in [3.8, 4) is 11.5 Å². The van der Waals surface area contributed by atoms with E-state index in [0.29, 0.717) is 11.5 Å². The summed E-state index contributed by atoms with van der Waals surface area (Å²) < 4.78 is 12.7. The molecule has 20 heavy (non-hydrogen) atoms. The molecule has 1 aromatic heterocycles. The van der Waals surface area contributed by atoms with Crippen LogP contribution in [0.3, 0.4) is 0 Å². The summed E-state index contributed by atoms with van der Waals surface area (Å²) in [7, 11) is 3.16. The number of fused-ring (bicyclic) bond motifs is 1. The quantitative estimate of drug-likeness (QED) is 0.913. The third-order valence-corrected chi connectivity index (χ3v) is 3.32. The molecule has 2 rings (SSSR count). The molecule has 5 heteroatoms. The number of ether oxygens (including phenoxy) is 2. The number of aliphatic carboxylic acids is 1. The number of rotatable bonds is 5. The molecule has 0 unspecified atom stereocenters. The maximum absolute atomic E-state index is 11.0. The highest BCUT2D eigenvalue weighted by molar-refractivity contribution is 5.90. The van der Waals surface area contributed by atoms with Gasteiger partial charge in [0.25, 0.3) is 0 Å². The molecule has 108 valence electrons. The van der Waals surface area contributed by atoms with Crippen LogP contribution in [0.15, 0.2) is 18.3 Å². The first-order valence-corrected chi connectivity index (χ1v) is 6.45. The highest BCUT2D eigenvalue weighted by Crippen LogP contribution is 2.35. The molecule has 0 amide bonds. The summed E-state index contributed by atoms with van der Waals surface area (Å²) in [5, 5.41) is 9.92. The summed E-state index contributed by atoms with van der Waals surface area (Å²) >= 11 is 0. The van der Waals surface area contributed by atoms with Crippen LogP contribution >= 0.6 is 0 Å². The normalized spacial score (nSPS) is 11.1. The van der Waals surface area contributed by atoms with Gasteiger partial charge >= 0.3 is 5.97 Å².